The number of hydrogen-bond donors (Lipinski definition) is 1. The molecule has 0 atom stereocenters. The number of hydrogen-bond acceptors (Lipinski definition) is 5. The molecule has 1 heterocycles. The molecule has 6 heteroatoms. The summed E-state index contributed by atoms with van der Waals surface area (Å²) >= 11 is 0. The molecular formula is C19H24N2O4. The van der Waals surface area contributed by atoms with Crippen LogP contribution in [0.25, 0.3) is 0 Å². The third-order valence-corrected chi connectivity index (χ3v) is 4.97. The molecule has 0 aromatic heterocycles. The number of nitrogens with one attached hydrogen (secondary N) is 1. The fraction of sp³-hybridized carbons (Fsp3) is 0.579. The first kappa shape index (κ1) is 17.7. The monoisotopic (exact) mass is 344 g/mol. The van der Waals surface area contributed by atoms with Gasteiger partial charge in [0.05, 0.1) is 19.3 Å². The van der Waals surface area contributed by atoms with Crippen molar-refractivity contribution in [1.82, 2.24) is 5.32 Å². The van der Waals surface area contributed by atoms with Crippen molar-refractivity contribution in [3.8, 4) is 11.8 Å². The summed E-state index contributed by atoms with van der Waals surface area (Å²) in [6.07, 6.45) is 2.24. The molecule has 1 aliphatic heterocycles. The van der Waals surface area contributed by atoms with Gasteiger partial charge in [-0.2, -0.15) is 5.26 Å². The normalized spacial score (nSPS) is 20.8. The van der Waals surface area contributed by atoms with Gasteiger partial charge in [-0.05, 0) is 43.9 Å². The van der Waals surface area contributed by atoms with E-state index in [2.05, 4.69) is 11.4 Å². The number of nitriles is 1. The smallest absolute Gasteiger partial charge is 0.259 e. The third kappa shape index (κ3) is 3.94. The van der Waals surface area contributed by atoms with Gasteiger partial charge in [-0.1, -0.05) is 12.1 Å². The maximum atomic E-state index is 12.3. The summed E-state index contributed by atoms with van der Waals surface area (Å²) in [6, 6.07) is 8.14. The second-order valence-electron chi connectivity index (χ2n) is 6.91. The first-order valence-corrected chi connectivity index (χ1v) is 8.66. The van der Waals surface area contributed by atoms with Crippen LogP contribution in [0, 0.1) is 25.2 Å². The zero-order valence-corrected chi connectivity index (χ0v) is 14.8. The highest BCUT2D eigenvalue weighted by Crippen LogP contribution is 2.40. The van der Waals surface area contributed by atoms with Crippen LogP contribution in [0.1, 0.15) is 36.8 Å². The Labute approximate surface area is 148 Å². The van der Waals surface area contributed by atoms with E-state index in [4.69, 9.17) is 14.2 Å². The number of carbonyl (C=O) groups excluding carboxylic acids is 1. The van der Waals surface area contributed by atoms with Gasteiger partial charge in [0.15, 0.2) is 12.4 Å². The largest absolute Gasteiger partial charge is 0.483 e. The molecule has 1 amide bonds. The lowest BCUT2D eigenvalue weighted by atomic mass is 9.79. The van der Waals surface area contributed by atoms with Crippen molar-refractivity contribution < 1.29 is 19.0 Å². The highest BCUT2D eigenvalue weighted by atomic mass is 16.7. The zero-order chi connectivity index (χ0) is 17.9. The summed E-state index contributed by atoms with van der Waals surface area (Å²) in [5.74, 6) is -0.150. The van der Waals surface area contributed by atoms with E-state index < -0.39 is 11.3 Å². The average Bonchev–Trinajstić information content (AvgIpc) is 3.07. The van der Waals surface area contributed by atoms with Gasteiger partial charge in [0.25, 0.3) is 5.91 Å². The molecule has 134 valence electrons. The standard InChI is InChI=1S/C19H24N2O4/c1-14-3-4-15(2)16(11-14)23-12-17(22)21-18(13-20)5-7-19(8-6-18)24-9-10-25-19/h3-4,11H,5-10,12H2,1-2H3,(H,21,22). The second-order valence-corrected chi connectivity index (χ2v) is 6.91. The van der Waals surface area contributed by atoms with Crippen molar-refractivity contribution in [2.24, 2.45) is 0 Å². The van der Waals surface area contributed by atoms with Crippen molar-refractivity contribution in [1.29, 1.82) is 5.26 Å². The van der Waals surface area contributed by atoms with Crippen LogP contribution < -0.4 is 10.1 Å². The van der Waals surface area contributed by atoms with E-state index in [9.17, 15) is 10.1 Å². The third-order valence-electron chi connectivity index (χ3n) is 4.97. The molecule has 2 aliphatic rings. The molecular weight excluding hydrogens is 320 g/mol. The minimum atomic E-state index is -0.872. The first-order valence-electron chi connectivity index (χ1n) is 8.66. The van der Waals surface area contributed by atoms with Crippen LogP contribution in [-0.2, 0) is 14.3 Å². The Bertz CT molecular complexity index is 679. The molecule has 1 spiro atoms. The summed E-state index contributed by atoms with van der Waals surface area (Å²) in [4.78, 5) is 12.3. The summed E-state index contributed by atoms with van der Waals surface area (Å²) in [5, 5.41) is 12.5. The molecule has 1 aromatic rings. The maximum absolute atomic E-state index is 12.3. The van der Waals surface area contributed by atoms with Crippen LogP contribution in [0.3, 0.4) is 0 Å². The molecule has 1 saturated heterocycles. The van der Waals surface area contributed by atoms with Gasteiger partial charge in [0, 0.05) is 12.8 Å². The van der Waals surface area contributed by atoms with Crippen LogP contribution in [0.2, 0.25) is 0 Å². The molecule has 0 bridgehead atoms. The molecule has 25 heavy (non-hydrogen) atoms. The Morgan fingerprint density at radius 3 is 2.56 bits per heavy atom. The first-order chi connectivity index (χ1) is 12.0. The Morgan fingerprint density at radius 1 is 1.24 bits per heavy atom. The van der Waals surface area contributed by atoms with Crippen molar-refractivity contribution in [2.75, 3.05) is 19.8 Å². The van der Waals surface area contributed by atoms with E-state index in [0.717, 1.165) is 11.1 Å². The number of nitrogens with zero attached hydrogens (tertiary/aromatic N) is 1. The quantitative estimate of drug-likeness (QED) is 0.907. The predicted molar refractivity (Wildman–Crippen MR) is 91.0 cm³/mol. The number of carbonyl (C=O) groups is 1. The number of benzene rings is 1. The number of ether oxygens (including phenoxy) is 3. The Hall–Kier alpha value is -2.10. The maximum Gasteiger partial charge on any atom is 0.259 e. The van der Waals surface area contributed by atoms with Gasteiger partial charge in [0.1, 0.15) is 11.3 Å². The van der Waals surface area contributed by atoms with Crippen LogP contribution >= 0.6 is 0 Å². The van der Waals surface area contributed by atoms with E-state index in [0.29, 0.717) is 44.6 Å². The minimum absolute atomic E-state index is 0.105. The number of amides is 1. The Morgan fingerprint density at radius 2 is 1.92 bits per heavy atom. The Kier molecular flexibility index (Phi) is 4.98. The lowest BCUT2D eigenvalue weighted by Crippen LogP contribution is -2.54. The molecule has 0 radical (unpaired) electrons. The Balaban J connectivity index is 1.56. The van der Waals surface area contributed by atoms with Crippen LogP contribution in [0.4, 0.5) is 0 Å². The summed E-state index contributed by atoms with van der Waals surface area (Å²) < 4.78 is 17.0. The SMILES string of the molecule is Cc1ccc(C)c(OCC(=O)NC2(C#N)CCC3(CC2)OCCO3)c1. The molecule has 1 aromatic carbocycles. The molecule has 1 N–H and O–H groups in total. The second kappa shape index (κ2) is 7.03. The predicted octanol–water partition coefficient (Wildman–Crippen LogP) is 2.38. The minimum Gasteiger partial charge on any atom is -0.483 e. The topological polar surface area (TPSA) is 80.6 Å². The molecule has 0 unspecified atom stereocenters. The van der Waals surface area contributed by atoms with Crippen molar-refractivity contribution in [3.05, 3.63) is 29.3 Å². The van der Waals surface area contributed by atoms with Gasteiger partial charge in [-0.25, -0.2) is 0 Å². The summed E-state index contributed by atoms with van der Waals surface area (Å²) in [5.41, 5.74) is 1.18. The molecule has 1 aliphatic carbocycles. The van der Waals surface area contributed by atoms with Gasteiger partial charge in [-0.15, -0.1) is 0 Å². The van der Waals surface area contributed by atoms with E-state index in [1.165, 1.54) is 0 Å². The van der Waals surface area contributed by atoms with Gasteiger partial charge in [0.2, 0.25) is 0 Å². The van der Waals surface area contributed by atoms with E-state index in [1.807, 2.05) is 32.0 Å². The number of rotatable bonds is 4. The highest BCUT2D eigenvalue weighted by molar-refractivity contribution is 5.79. The van der Waals surface area contributed by atoms with Crippen molar-refractivity contribution >= 4 is 5.91 Å². The van der Waals surface area contributed by atoms with E-state index in [-0.39, 0.29) is 12.5 Å². The summed E-state index contributed by atoms with van der Waals surface area (Å²) in [7, 11) is 0. The molecule has 3 rings (SSSR count). The van der Waals surface area contributed by atoms with Gasteiger partial charge >= 0.3 is 0 Å². The van der Waals surface area contributed by atoms with Crippen molar-refractivity contribution in [2.45, 2.75) is 50.9 Å². The van der Waals surface area contributed by atoms with Gasteiger partial charge < -0.3 is 19.5 Å². The van der Waals surface area contributed by atoms with Crippen LogP contribution in [0.15, 0.2) is 18.2 Å². The van der Waals surface area contributed by atoms with Crippen LogP contribution in [0.5, 0.6) is 5.75 Å². The van der Waals surface area contributed by atoms with E-state index in [1.54, 1.807) is 0 Å². The highest BCUT2D eigenvalue weighted by Gasteiger charge is 2.47. The van der Waals surface area contributed by atoms with E-state index >= 15 is 0 Å². The molecule has 2 fully saturated rings. The zero-order valence-electron chi connectivity index (χ0n) is 14.8. The lowest BCUT2D eigenvalue weighted by molar-refractivity contribution is -0.183. The lowest BCUT2D eigenvalue weighted by Gasteiger charge is -2.40. The molecule has 1 saturated carbocycles. The average molecular weight is 344 g/mol. The van der Waals surface area contributed by atoms with Crippen molar-refractivity contribution in [3.63, 3.8) is 0 Å². The molecule has 6 nitrogen and oxygen atoms in total. The summed E-state index contributed by atoms with van der Waals surface area (Å²) in [6.45, 7) is 4.99. The number of aryl methyl sites for hydroxylation is 2. The fourth-order valence-electron chi connectivity index (χ4n) is 3.42. The van der Waals surface area contributed by atoms with Crippen LogP contribution in [-0.4, -0.2) is 37.1 Å². The fourth-order valence-corrected chi connectivity index (χ4v) is 3.42. The van der Waals surface area contributed by atoms with Gasteiger partial charge in [-0.3, -0.25) is 4.79 Å².